The van der Waals surface area contributed by atoms with E-state index in [0.717, 1.165) is 10.5 Å². The van der Waals surface area contributed by atoms with E-state index in [1.54, 1.807) is 6.07 Å². The van der Waals surface area contributed by atoms with Crippen molar-refractivity contribution in [2.24, 2.45) is 0 Å². The van der Waals surface area contributed by atoms with Gasteiger partial charge in [0.15, 0.2) is 29.6 Å². The van der Waals surface area contributed by atoms with E-state index in [0.29, 0.717) is 0 Å². The minimum Gasteiger partial charge on any atom is -0.481 e. The zero-order valence-electron chi connectivity index (χ0n) is 13.1. The van der Waals surface area contributed by atoms with Crippen molar-refractivity contribution < 1.29 is 27.1 Å². The van der Waals surface area contributed by atoms with Gasteiger partial charge in [0, 0.05) is 6.20 Å². The molecule has 6 nitrogen and oxygen atoms in total. The molecule has 0 spiro atoms. The molecule has 1 N–H and O–H groups in total. The van der Waals surface area contributed by atoms with Crippen molar-refractivity contribution in [3.05, 3.63) is 59.8 Å². The summed E-state index contributed by atoms with van der Waals surface area (Å²) in [4.78, 5) is 11.8. The number of benzene rings is 1. The molecule has 0 fully saturated rings. The number of nitrogens with zero attached hydrogens (tertiary/aromatic N) is 3. The maximum absolute atomic E-state index is 13.4. The van der Waals surface area contributed by atoms with E-state index >= 15 is 0 Å². The first kappa shape index (κ1) is 17.6. The lowest BCUT2D eigenvalue weighted by Crippen LogP contribution is -2.29. The summed E-state index contributed by atoms with van der Waals surface area (Å²) < 4.78 is 58.4. The monoisotopic (exact) mass is 368 g/mol. The summed E-state index contributed by atoms with van der Waals surface area (Å²) in [5, 5.41) is 9.63. The number of para-hydroxylation sites is 1. The maximum Gasteiger partial charge on any atom is 0.420 e. The van der Waals surface area contributed by atoms with Crippen molar-refractivity contribution >= 4 is 11.6 Å². The summed E-state index contributed by atoms with van der Waals surface area (Å²) in [6, 6.07) is 7.70. The lowest BCUT2D eigenvalue weighted by Gasteiger charge is -2.09. The van der Waals surface area contributed by atoms with Gasteiger partial charge in [0.1, 0.15) is 5.56 Å². The van der Waals surface area contributed by atoms with Crippen LogP contribution in [0.1, 0.15) is 11.4 Å². The topological polar surface area (TPSA) is 68.5 Å². The first-order valence-corrected chi connectivity index (χ1v) is 7.40. The van der Waals surface area contributed by atoms with Gasteiger partial charge in [-0.15, -0.1) is 10.2 Å². The van der Waals surface area contributed by atoms with E-state index in [-0.39, 0.29) is 23.8 Å². The number of alkyl halides is 3. The summed E-state index contributed by atoms with van der Waals surface area (Å²) in [7, 11) is 0. The second-order valence-corrected chi connectivity index (χ2v) is 5.23. The van der Waals surface area contributed by atoms with Crippen LogP contribution in [0.4, 0.5) is 17.6 Å². The minimum absolute atomic E-state index is 0.0783. The van der Waals surface area contributed by atoms with Gasteiger partial charge in [-0.2, -0.15) is 13.2 Å². The molecule has 136 valence electrons. The molecular weight excluding hydrogens is 356 g/mol. The highest BCUT2D eigenvalue weighted by Gasteiger charge is 2.34. The van der Waals surface area contributed by atoms with E-state index < -0.39 is 30.1 Å². The number of nitrogens with one attached hydrogen (secondary N) is 1. The first-order valence-electron chi connectivity index (χ1n) is 7.40. The number of amides is 1. The number of carbonyl (C=O) groups is 1. The summed E-state index contributed by atoms with van der Waals surface area (Å²) in [5.74, 6) is -1.16. The number of hydrogen-bond donors (Lipinski definition) is 1. The highest BCUT2D eigenvalue weighted by molar-refractivity contribution is 5.77. The molecule has 1 aromatic carbocycles. The van der Waals surface area contributed by atoms with Gasteiger partial charge >= 0.3 is 6.18 Å². The Bertz CT molecular complexity index is 939. The van der Waals surface area contributed by atoms with E-state index in [1.165, 1.54) is 30.5 Å². The molecule has 0 aliphatic carbocycles. The summed E-state index contributed by atoms with van der Waals surface area (Å²) in [5.41, 5.74) is -1.28. The number of halogens is 4. The molecule has 3 aromatic rings. The van der Waals surface area contributed by atoms with Gasteiger partial charge < -0.3 is 10.1 Å². The molecule has 0 aliphatic rings. The van der Waals surface area contributed by atoms with Crippen LogP contribution >= 0.6 is 0 Å². The van der Waals surface area contributed by atoms with Crippen LogP contribution in [0.5, 0.6) is 5.75 Å². The van der Waals surface area contributed by atoms with Crippen LogP contribution in [0.15, 0.2) is 42.6 Å². The molecule has 26 heavy (non-hydrogen) atoms. The number of carbonyl (C=O) groups excluding carboxylic acids is 1. The van der Waals surface area contributed by atoms with Crippen LogP contribution in [0.3, 0.4) is 0 Å². The predicted molar refractivity (Wildman–Crippen MR) is 81.7 cm³/mol. The molecular formula is C16H12F4N4O2. The molecule has 2 heterocycles. The number of fused-ring (bicyclic) bond motifs is 1. The number of rotatable bonds is 5. The molecule has 0 bridgehead atoms. The Morgan fingerprint density at radius 3 is 2.65 bits per heavy atom. The number of pyridine rings is 1. The second-order valence-electron chi connectivity index (χ2n) is 5.23. The van der Waals surface area contributed by atoms with Crippen LogP contribution in [0, 0.1) is 5.82 Å². The Balaban J connectivity index is 1.65. The largest absolute Gasteiger partial charge is 0.481 e. The molecule has 0 unspecified atom stereocenters. The van der Waals surface area contributed by atoms with E-state index in [9.17, 15) is 22.4 Å². The van der Waals surface area contributed by atoms with Crippen molar-refractivity contribution in [1.82, 2.24) is 19.9 Å². The van der Waals surface area contributed by atoms with Gasteiger partial charge in [0.05, 0.1) is 6.54 Å². The molecule has 0 aliphatic heterocycles. The molecule has 0 atom stereocenters. The minimum atomic E-state index is -4.57. The molecule has 0 radical (unpaired) electrons. The smallest absolute Gasteiger partial charge is 0.420 e. The first-order chi connectivity index (χ1) is 12.4. The summed E-state index contributed by atoms with van der Waals surface area (Å²) in [6.45, 7) is -0.618. The fourth-order valence-electron chi connectivity index (χ4n) is 2.24. The lowest BCUT2D eigenvalue weighted by molar-refractivity contribution is -0.136. The Kier molecular flexibility index (Phi) is 4.74. The fourth-order valence-corrected chi connectivity index (χ4v) is 2.24. The van der Waals surface area contributed by atoms with Crippen LogP contribution < -0.4 is 10.1 Å². The van der Waals surface area contributed by atoms with Crippen molar-refractivity contribution in [2.45, 2.75) is 12.7 Å². The third kappa shape index (κ3) is 3.73. The molecule has 0 saturated carbocycles. The zero-order chi connectivity index (χ0) is 18.7. The number of ether oxygens (including phenoxy) is 1. The predicted octanol–water partition coefficient (Wildman–Crippen LogP) is 2.58. The SMILES string of the molecule is O=C(COc1ccccc1F)NCc1nnc2c(C(F)(F)F)cccn12. The molecule has 3 rings (SSSR count). The van der Waals surface area contributed by atoms with Gasteiger partial charge in [0.25, 0.3) is 5.91 Å². The quantitative estimate of drug-likeness (QED) is 0.703. The Morgan fingerprint density at radius 1 is 1.15 bits per heavy atom. The number of aromatic nitrogens is 3. The van der Waals surface area contributed by atoms with Gasteiger partial charge in [-0.1, -0.05) is 12.1 Å². The van der Waals surface area contributed by atoms with Crippen molar-refractivity contribution in [3.8, 4) is 5.75 Å². The number of hydrogen-bond acceptors (Lipinski definition) is 4. The standard InChI is InChI=1S/C16H12F4N4O2/c17-11-5-1-2-6-12(11)26-9-14(25)21-8-13-22-23-15-10(16(18,19)20)4-3-7-24(13)15/h1-7H,8-9H2,(H,21,25). The van der Waals surface area contributed by atoms with Crippen molar-refractivity contribution in [2.75, 3.05) is 6.61 Å². The molecule has 0 saturated heterocycles. The average molecular weight is 368 g/mol. The van der Waals surface area contributed by atoms with E-state index in [4.69, 9.17) is 4.74 Å². The van der Waals surface area contributed by atoms with Gasteiger partial charge in [-0.25, -0.2) is 4.39 Å². The summed E-state index contributed by atoms with van der Waals surface area (Å²) in [6.07, 6.45) is -3.20. The van der Waals surface area contributed by atoms with Crippen LogP contribution in [-0.4, -0.2) is 27.1 Å². The molecule has 2 aromatic heterocycles. The Labute approximate surface area is 144 Å². The van der Waals surface area contributed by atoms with Crippen LogP contribution in [0.25, 0.3) is 5.65 Å². The lowest BCUT2D eigenvalue weighted by atomic mass is 10.2. The maximum atomic E-state index is 13.4. The zero-order valence-corrected chi connectivity index (χ0v) is 13.1. The van der Waals surface area contributed by atoms with E-state index in [2.05, 4.69) is 15.5 Å². The fraction of sp³-hybridized carbons (Fsp3) is 0.188. The normalized spacial score (nSPS) is 11.5. The third-order valence-electron chi connectivity index (χ3n) is 3.45. The Hall–Kier alpha value is -3.17. The highest BCUT2D eigenvalue weighted by atomic mass is 19.4. The summed E-state index contributed by atoms with van der Waals surface area (Å²) >= 11 is 0. The van der Waals surface area contributed by atoms with Gasteiger partial charge in [-0.3, -0.25) is 9.20 Å². The average Bonchev–Trinajstić information content (AvgIpc) is 3.01. The molecule has 1 amide bonds. The van der Waals surface area contributed by atoms with Crippen molar-refractivity contribution in [3.63, 3.8) is 0 Å². The van der Waals surface area contributed by atoms with Crippen LogP contribution in [-0.2, 0) is 17.5 Å². The third-order valence-corrected chi connectivity index (χ3v) is 3.45. The van der Waals surface area contributed by atoms with E-state index in [1.807, 2.05) is 0 Å². The molecule has 10 heteroatoms. The van der Waals surface area contributed by atoms with Gasteiger partial charge in [0.2, 0.25) is 0 Å². The van der Waals surface area contributed by atoms with Crippen LogP contribution in [0.2, 0.25) is 0 Å². The highest BCUT2D eigenvalue weighted by Crippen LogP contribution is 2.31. The Morgan fingerprint density at radius 2 is 1.92 bits per heavy atom. The van der Waals surface area contributed by atoms with Gasteiger partial charge in [-0.05, 0) is 24.3 Å². The second kappa shape index (κ2) is 6.98. The van der Waals surface area contributed by atoms with Crippen molar-refractivity contribution in [1.29, 1.82) is 0 Å².